The van der Waals surface area contributed by atoms with Crippen molar-refractivity contribution in [3.63, 3.8) is 0 Å². The monoisotopic (exact) mass is 286 g/mol. The summed E-state index contributed by atoms with van der Waals surface area (Å²) in [5.41, 5.74) is 2.15. The summed E-state index contributed by atoms with van der Waals surface area (Å²) in [6.07, 6.45) is 1.92. The smallest absolute Gasteiger partial charge is 0.305 e. The minimum absolute atomic E-state index is 0.0665. The lowest BCUT2D eigenvalue weighted by Crippen LogP contribution is -2.45. The van der Waals surface area contributed by atoms with E-state index in [4.69, 9.17) is 9.84 Å². The topological polar surface area (TPSA) is 62.7 Å². The number of ether oxygens (including phenoxy) is 1. The van der Waals surface area contributed by atoms with Crippen LogP contribution in [-0.4, -0.2) is 46.8 Å². The molecule has 1 saturated heterocycles. The van der Waals surface area contributed by atoms with Gasteiger partial charge in [-0.1, -0.05) is 18.2 Å². The van der Waals surface area contributed by atoms with Crippen LogP contribution < -0.4 is 0 Å². The summed E-state index contributed by atoms with van der Waals surface area (Å²) in [5.74, 6) is -0.782. The maximum absolute atomic E-state index is 11.0. The molecule has 1 aromatic heterocycles. The fraction of sp³-hybridized carbons (Fsp3) is 0.375. The molecule has 21 heavy (non-hydrogen) atoms. The number of benzene rings is 1. The van der Waals surface area contributed by atoms with Crippen LogP contribution >= 0.6 is 0 Å². The van der Waals surface area contributed by atoms with E-state index in [1.165, 1.54) is 5.56 Å². The molecule has 0 amide bonds. The molecule has 3 rings (SSSR count). The number of hydrogen-bond donors (Lipinski definition) is 1. The number of fused-ring (bicyclic) bond motifs is 1. The van der Waals surface area contributed by atoms with Crippen LogP contribution in [0.15, 0.2) is 36.5 Å². The third kappa shape index (κ3) is 3.20. The van der Waals surface area contributed by atoms with E-state index >= 15 is 0 Å². The van der Waals surface area contributed by atoms with Crippen molar-refractivity contribution in [2.24, 2.45) is 0 Å². The van der Waals surface area contributed by atoms with Gasteiger partial charge in [0.15, 0.2) is 0 Å². The fourth-order valence-corrected chi connectivity index (χ4v) is 2.80. The summed E-state index contributed by atoms with van der Waals surface area (Å²) in [6, 6.07) is 9.97. The number of hydrogen-bond acceptors (Lipinski definition) is 4. The number of aliphatic carboxylic acids is 1. The second-order valence-electron chi connectivity index (χ2n) is 5.28. The van der Waals surface area contributed by atoms with Gasteiger partial charge in [0.25, 0.3) is 0 Å². The van der Waals surface area contributed by atoms with Gasteiger partial charge in [0, 0.05) is 30.7 Å². The molecule has 0 spiro atoms. The van der Waals surface area contributed by atoms with Gasteiger partial charge in [-0.2, -0.15) is 0 Å². The average molecular weight is 286 g/mol. The molecule has 1 aliphatic rings. The molecule has 0 saturated carbocycles. The van der Waals surface area contributed by atoms with Crippen molar-refractivity contribution >= 4 is 16.9 Å². The zero-order chi connectivity index (χ0) is 14.7. The highest BCUT2D eigenvalue weighted by molar-refractivity contribution is 5.81. The van der Waals surface area contributed by atoms with Crippen molar-refractivity contribution in [1.82, 2.24) is 9.88 Å². The van der Waals surface area contributed by atoms with E-state index < -0.39 is 5.97 Å². The number of aromatic nitrogens is 1. The number of carbonyl (C=O) groups is 1. The SMILES string of the molecule is O=C(O)CC1COCCN1Cc1ccnc2ccccc12. The normalized spacial score (nSPS) is 19.7. The number of pyridine rings is 1. The van der Waals surface area contributed by atoms with Gasteiger partial charge in [-0.25, -0.2) is 0 Å². The van der Waals surface area contributed by atoms with Crippen molar-refractivity contribution in [3.8, 4) is 0 Å². The van der Waals surface area contributed by atoms with Crippen LogP contribution in [0.1, 0.15) is 12.0 Å². The fourth-order valence-electron chi connectivity index (χ4n) is 2.80. The van der Waals surface area contributed by atoms with Crippen LogP contribution in [0.25, 0.3) is 10.9 Å². The summed E-state index contributed by atoms with van der Waals surface area (Å²) in [4.78, 5) is 17.5. The van der Waals surface area contributed by atoms with E-state index in [2.05, 4.69) is 16.0 Å². The molecule has 5 nitrogen and oxygen atoms in total. The second-order valence-corrected chi connectivity index (χ2v) is 5.28. The molecule has 110 valence electrons. The molecular weight excluding hydrogens is 268 g/mol. The molecule has 2 heterocycles. The van der Waals surface area contributed by atoms with Gasteiger partial charge < -0.3 is 9.84 Å². The summed E-state index contributed by atoms with van der Waals surface area (Å²) < 4.78 is 5.42. The standard InChI is InChI=1S/C16H18N2O3/c19-16(20)9-13-11-21-8-7-18(13)10-12-5-6-17-15-4-2-1-3-14(12)15/h1-6,13H,7-11H2,(H,19,20). The van der Waals surface area contributed by atoms with E-state index in [-0.39, 0.29) is 12.5 Å². The van der Waals surface area contributed by atoms with Crippen LogP contribution in [0.4, 0.5) is 0 Å². The van der Waals surface area contributed by atoms with Crippen LogP contribution in [-0.2, 0) is 16.1 Å². The Morgan fingerprint density at radius 1 is 1.38 bits per heavy atom. The van der Waals surface area contributed by atoms with Gasteiger partial charge in [0.05, 0.1) is 25.2 Å². The van der Waals surface area contributed by atoms with Gasteiger partial charge in [-0.3, -0.25) is 14.7 Å². The zero-order valence-corrected chi connectivity index (χ0v) is 11.7. The van der Waals surface area contributed by atoms with Gasteiger partial charge in [0.2, 0.25) is 0 Å². The highest BCUT2D eigenvalue weighted by atomic mass is 16.5. The third-order valence-electron chi connectivity index (χ3n) is 3.87. The first-order chi connectivity index (χ1) is 10.2. The lowest BCUT2D eigenvalue weighted by atomic mass is 10.1. The summed E-state index contributed by atoms with van der Waals surface area (Å²) in [6.45, 7) is 2.62. The summed E-state index contributed by atoms with van der Waals surface area (Å²) in [5, 5.41) is 10.2. The first-order valence-corrected chi connectivity index (χ1v) is 7.10. The van der Waals surface area contributed by atoms with Crippen LogP contribution in [0, 0.1) is 0 Å². The number of nitrogens with zero attached hydrogens (tertiary/aromatic N) is 2. The highest BCUT2D eigenvalue weighted by Gasteiger charge is 2.25. The number of rotatable bonds is 4. The van der Waals surface area contributed by atoms with E-state index in [1.807, 2.05) is 30.5 Å². The van der Waals surface area contributed by atoms with E-state index in [9.17, 15) is 4.79 Å². The Morgan fingerprint density at radius 2 is 2.24 bits per heavy atom. The van der Waals surface area contributed by atoms with E-state index in [0.717, 1.165) is 24.0 Å². The molecule has 1 aliphatic heterocycles. The number of carboxylic acids is 1. The predicted molar refractivity (Wildman–Crippen MR) is 79.0 cm³/mol. The second kappa shape index (κ2) is 6.20. The number of morpholine rings is 1. The first kappa shape index (κ1) is 14.0. The molecule has 1 atom stereocenters. The van der Waals surface area contributed by atoms with Crippen molar-refractivity contribution in [1.29, 1.82) is 0 Å². The van der Waals surface area contributed by atoms with Gasteiger partial charge in [-0.05, 0) is 17.7 Å². The van der Waals surface area contributed by atoms with Crippen LogP contribution in [0.2, 0.25) is 0 Å². The predicted octanol–water partition coefficient (Wildman–Crippen LogP) is 1.91. The molecule has 5 heteroatoms. The molecule has 1 fully saturated rings. The Labute approximate surface area is 123 Å². The Balaban J connectivity index is 1.84. The highest BCUT2D eigenvalue weighted by Crippen LogP contribution is 2.21. The van der Waals surface area contributed by atoms with Gasteiger partial charge in [0.1, 0.15) is 0 Å². The number of para-hydroxylation sites is 1. The van der Waals surface area contributed by atoms with E-state index in [1.54, 1.807) is 0 Å². The Bertz CT molecular complexity index is 639. The quantitative estimate of drug-likeness (QED) is 0.930. The van der Waals surface area contributed by atoms with Gasteiger partial charge >= 0.3 is 5.97 Å². The van der Waals surface area contributed by atoms with Gasteiger partial charge in [-0.15, -0.1) is 0 Å². The maximum Gasteiger partial charge on any atom is 0.305 e. The Hall–Kier alpha value is -1.98. The molecule has 1 N–H and O–H groups in total. The first-order valence-electron chi connectivity index (χ1n) is 7.10. The van der Waals surface area contributed by atoms with Crippen LogP contribution in [0.3, 0.4) is 0 Å². The molecular formula is C16H18N2O3. The van der Waals surface area contributed by atoms with Crippen molar-refractivity contribution in [3.05, 3.63) is 42.1 Å². The number of carboxylic acid groups (broad SMARTS) is 1. The molecule has 0 aliphatic carbocycles. The lowest BCUT2D eigenvalue weighted by molar-refractivity contribution is -0.140. The molecule has 2 aromatic rings. The molecule has 0 bridgehead atoms. The summed E-state index contributed by atoms with van der Waals surface area (Å²) >= 11 is 0. The van der Waals surface area contributed by atoms with Crippen molar-refractivity contribution in [2.75, 3.05) is 19.8 Å². The van der Waals surface area contributed by atoms with Crippen molar-refractivity contribution < 1.29 is 14.6 Å². The maximum atomic E-state index is 11.0. The Morgan fingerprint density at radius 3 is 3.10 bits per heavy atom. The summed E-state index contributed by atoms with van der Waals surface area (Å²) in [7, 11) is 0. The third-order valence-corrected chi connectivity index (χ3v) is 3.87. The zero-order valence-electron chi connectivity index (χ0n) is 11.7. The molecule has 1 aromatic carbocycles. The molecule has 1 unspecified atom stereocenters. The largest absolute Gasteiger partial charge is 0.481 e. The van der Waals surface area contributed by atoms with Crippen LogP contribution in [0.5, 0.6) is 0 Å². The lowest BCUT2D eigenvalue weighted by Gasteiger charge is -2.35. The average Bonchev–Trinajstić information content (AvgIpc) is 2.49. The minimum Gasteiger partial charge on any atom is -0.481 e. The van der Waals surface area contributed by atoms with E-state index in [0.29, 0.717) is 13.2 Å². The molecule has 0 radical (unpaired) electrons. The minimum atomic E-state index is -0.782. The van der Waals surface area contributed by atoms with Crippen molar-refractivity contribution in [2.45, 2.75) is 19.0 Å². The Kier molecular flexibility index (Phi) is 4.13.